The molecule has 3 aromatic rings. The van der Waals surface area contributed by atoms with Gasteiger partial charge in [-0.05, 0) is 79.3 Å². The lowest BCUT2D eigenvalue weighted by Gasteiger charge is -2.19. The second-order valence-electron chi connectivity index (χ2n) is 9.75. The van der Waals surface area contributed by atoms with Gasteiger partial charge in [0.05, 0.1) is 11.1 Å². The number of aliphatic hydroxyl groups is 2. The fourth-order valence-electron chi connectivity index (χ4n) is 4.10. The van der Waals surface area contributed by atoms with Gasteiger partial charge in [0, 0.05) is 18.3 Å². The van der Waals surface area contributed by atoms with Gasteiger partial charge in [0.25, 0.3) is 5.91 Å². The summed E-state index contributed by atoms with van der Waals surface area (Å²) in [6, 6.07) is 8.65. The molecule has 1 saturated carbocycles. The number of ether oxygens (including phenoxy) is 2. The Labute approximate surface area is 237 Å². The minimum Gasteiger partial charge on any atom is -0.488 e. The Balaban J connectivity index is 1.61. The lowest BCUT2D eigenvalue weighted by Crippen LogP contribution is -2.36. The maximum absolute atomic E-state index is 14.3. The Morgan fingerprint density at radius 3 is 2.40 bits per heavy atom. The minimum absolute atomic E-state index is 0.0139. The molecular weight excluding hydrogens is 567 g/mol. The van der Waals surface area contributed by atoms with Crippen molar-refractivity contribution < 1.29 is 51.2 Å². The summed E-state index contributed by atoms with van der Waals surface area (Å²) in [6.07, 6.45) is -4.93. The topological polar surface area (TPSA) is 117 Å². The van der Waals surface area contributed by atoms with E-state index < -0.39 is 60.1 Å². The van der Waals surface area contributed by atoms with Gasteiger partial charge < -0.3 is 30.3 Å². The van der Waals surface area contributed by atoms with Gasteiger partial charge >= 0.3 is 6.18 Å². The molecule has 224 valence electrons. The first-order chi connectivity index (χ1) is 19.8. The molecule has 13 heteroatoms. The number of hydrogen-bond donors (Lipinski definition) is 4. The number of aliphatic hydroxyl groups excluding tert-OH is 2. The van der Waals surface area contributed by atoms with Gasteiger partial charge in [-0.15, -0.1) is 0 Å². The molecule has 0 spiro atoms. The van der Waals surface area contributed by atoms with E-state index in [4.69, 9.17) is 14.6 Å². The van der Waals surface area contributed by atoms with Gasteiger partial charge in [0.2, 0.25) is 5.91 Å². The van der Waals surface area contributed by atoms with Gasteiger partial charge in [0.15, 0.2) is 11.6 Å². The van der Waals surface area contributed by atoms with Crippen LogP contribution < -0.4 is 20.1 Å². The van der Waals surface area contributed by atoms with Crippen molar-refractivity contribution in [1.29, 1.82) is 0 Å². The summed E-state index contributed by atoms with van der Waals surface area (Å²) in [7, 11) is 0. The van der Waals surface area contributed by atoms with Crippen LogP contribution in [-0.2, 0) is 11.0 Å². The van der Waals surface area contributed by atoms with E-state index in [9.17, 15) is 36.6 Å². The highest BCUT2D eigenvalue weighted by Gasteiger charge is 2.40. The smallest absolute Gasteiger partial charge is 0.416 e. The molecule has 4 rings (SSSR count). The summed E-state index contributed by atoms with van der Waals surface area (Å²) >= 11 is 0. The number of carbonyl (C=O) groups excluding carboxylic acids is 2. The van der Waals surface area contributed by atoms with Crippen molar-refractivity contribution in [3.05, 3.63) is 82.4 Å². The molecule has 2 amide bonds. The molecule has 1 atom stereocenters. The second kappa shape index (κ2) is 12.7. The highest BCUT2D eigenvalue weighted by molar-refractivity contribution is 6.06. The molecule has 3 aromatic carbocycles. The van der Waals surface area contributed by atoms with E-state index in [0.29, 0.717) is 24.5 Å². The molecule has 0 aromatic heterocycles. The van der Waals surface area contributed by atoms with Crippen molar-refractivity contribution in [3.8, 4) is 17.2 Å². The predicted molar refractivity (Wildman–Crippen MR) is 141 cm³/mol. The standard InChI is InChI=1S/C29H27F5N2O6/c1-15-8-17(30)4-7-24(15)42-25-11-20(16-2-3-16)22(29(32,33)34)10-21(25)28(40)36-18-5-6-23(31)26(9-18)41-14-19(38)12-35-27(39)13-37/h4-11,16,19,37-38H,2-3,12-14H2,1H3,(H,35,39)(H,36,40). The third kappa shape index (κ3) is 7.74. The normalized spacial score (nSPS) is 13.8. The number of amides is 2. The number of benzene rings is 3. The van der Waals surface area contributed by atoms with E-state index in [1.165, 1.54) is 18.2 Å². The quantitative estimate of drug-likeness (QED) is 0.231. The van der Waals surface area contributed by atoms with Crippen molar-refractivity contribution in [2.24, 2.45) is 0 Å². The zero-order valence-electron chi connectivity index (χ0n) is 22.2. The average Bonchev–Trinajstić information content (AvgIpc) is 3.78. The van der Waals surface area contributed by atoms with E-state index >= 15 is 0 Å². The van der Waals surface area contributed by atoms with E-state index in [1.54, 1.807) is 6.92 Å². The number of rotatable bonds is 11. The highest BCUT2D eigenvalue weighted by Crippen LogP contribution is 2.48. The first-order valence-corrected chi connectivity index (χ1v) is 12.8. The maximum atomic E-state index is 14.3. The van der Waals surface area contributed by atoms with Crippen LogP contribution in [0, 0.1) is 18.6 Å². The Morgan fingerprint density at radius 2 is 1.76 bits per heavy atom. The molecule has 0 bridgehead atoms. The molecule has 1 unspecified atom stereocenters. The van der Waals surface area contributed by atoms with E-state index in [0.717, 1.165) is 24.3 Å². The zero-order valence-corrected chi connectivity index (χ0v) is 22.2. The molecule has 1 fully saturated rings. The zero-order chi connectivity index (χ0) is 30.6. The van der Waals surface area contributed by atoms with Crippen LogP contribution in [0.15, 0.2) is 48.5 Å². The van der Waals surface area contributed by atoms with E-state index in [1.807, 2.05) is 0 Å². The van der Waals surface area contributed by atoms with Crippen LogP contribution in [0.25, 0.3) is 0 Å². The maximum Gasteiger partial charge on any atom is 0.416 e. The second-order valence-corrected chi connectivity index (χ2v) is 9.75. The molecular formula is C29H27F5N2O6. The predicted octanol–water partition coefficient (Wildman–Crippen LogP) is 5.06. The van der Waals surface area contributed by atoms with Crippen LogP contribution in [0.3, 0.4) is 0 Å². The van der Waals surface area contributed by atoms with Crippen LogP contribution in [0.4, 0.5) is 27.6 Å². The van der Waals surface area contributed by atoms with Gasteiger partial charge in [-0.25, -0.2) is 8.78 Å². The van der Waals surface area contributed by atoms with E-state index in [2.05, 4.69) is 10.6 Å². The molecule has 0 saturated heterocycles. The lowest BCUT2D eigenvalue weighted by molar-refractivity contribution is -0.138. The fourth-order valence-corrected chi connectivity index (χ4v) is 4.10. The first-order valence-electron chi connectivity index (χ1n) is 12.8. The van der Waals surface area contributed by atoms with Crippen molar-refractivity contribution >= 4 is 17.5 Å². The number of alkyl halides is 3. The molecule has 1 aliphatic carbocycles. The van der Waals surface area contributed by atoms with E-state index in [-0.39, 0.29) is 41.0 Å². The summed E-state index contributed by atoms with van der Waals surface area (Å²) in [4.78, 5) is 24.4. The molecule has 8 nitrogen and oxygen atoms in total. The number of halogens is 5. The third-order valence-corrected chi connectivity index (χ3v) is 6.37. The molecule has 4 N–H and O–H groups in total. The van der Waals surface area contributed by atoms with Gasteiger partial charge in [0.1, 0.15) is 36.6 Å². The number of hydrogen-bond acceptors (Lipinski definition) is 6. The van der Waals surface area contributed by atoms with Crippen LogP contribution in [0.2, 0.25) is 0 Å². The van der Waals surface area contributed by atoms with Gasteiger partial charge in [-0.2, -0.15) is 13.2 Å². The summed E-state index contributed by atoms with van der Waals surface area (Å²) in [6.45, 7) is 0.00825. The summed E-state index contributed by atoms with van der Waals surface area (Å²) < 4.78 is 81.1. The van der Waals surface area contributed by atoms with Crippen LogP contribution in [0.5, 0.6) is 17.2 Å². The lowest BCUT2D eigenvalue weighted by atomic mass is 9.98. The first kappa shape index (κ1) is 30.7. The molecule has 0 heterocycles. The minimum atomic E-state index is -4.76. The van der Waals surface area contributed by atoms with Crippen LogP contribution in [0.1, 0.15) is 45.8 Å². The number of nitrogens with one attached hydrogen (secondary N) is 2. The summed E-state index contributed by atoms with van der Waals surface area (Å²) in [5.74, 6) is -3.91. The summed E-state index contributed by atoms with van der Waals surface area (Å²) in [5.41, 5.74) is -1.14. The Hall–Kier alpha value is -4.23. The van der Waals surface area contributed by atoms with Crippen LogP contribution >= 0.6 is 0 Å². The van der Waals surface area contributed by atoms with Crippen LogP contribution in [-0.4, -0.2) is 47.9 Å². The fraction of sp³-hybridized carbons (Fsp3) is 0.310. The monoisotopic (exact) mass is 594 g/mol. The SMILES string of the molecule is Cc1cc(F)ccc1Oc1cc(C2CC2)c(C(F)(F)F)cc1C(=O)Nc1ccc(F)c(OCC(O)CNC(=O)CO)c1. The van der Waals surface area contributed by atoms with Gasteiger partial charge in [-0.3, -0.25) is 9.59 Å². The van der Waals surface area contributed by atoms with Crippen molar-refractivity contribution in [2.45, 2.75) is 38.0 Å². The Kier molecular flexibility index (Phi) is 9.32. The van der Waals surface area contributed by atoms with Crippen molar-refractivity contribution in [1.82, 2.24) is 5.32 Å². The molecule has 42 heavy (non-hydrogen) atoms. The summed E-state index contributed by atoms with van der Waals surface area (Å²) in [5, 5.41) is 23.2. The molecule has 1 aliphatic rings. The average molecular weight is 595 g/mol. The number of carbonyl (C=O) groups is 2. The van der Waals surface area contributed by atoms with Crippen molar-refractivity contribution in [3.63, 3.8) is 0 Å². The number of anilines is 1. The number of aryl methyl sites for hydroxylation is 1. The molecule has 0 radical (unpaired) electrons. The van der Waals surface area contributed by atoms with Crippen molar-refractivity contribution in [2.75, 3.05) is 25.1 Å². The highest BCUT2D eigenvalue weighted by atomic mass is 19.4. The Bertz CT molecular complexity index is 1480. The third-order valence-electron chi connectivity index (χ3n) is 6.37. The van der Waals surface area contributed by atoms with Gasteiger partial charge in [-0.1, -0.05) is 0 Å². The Morgan fingerprint density at radius 1 is 1.02 bits per heavy atom. The molecule has 0 aliphatic heterocycles. The largest absolute Gasteiger partial charge is 0.488 e.